The zero-order valence-electron chi connectivity index (χ0n) is 15.3. The minimum atomic E-state index is -0.953. The van der Waals surface area contributed by atoms with Crippen LogP contribution in [0.4, 0.5) is 4.79 Å². The van der Waals surface area contributed by atoms with Gasteiger partial charge in [0.2, 0.25) is 5.91 Å². The van der Waals surface area contributed by atoms with E-state index in [-0.39, 0.29) is 22.7 Å². The normalized spacial score (nSPS) is 17.2. The average molecular weight is 381 g/mol. The smallest absolute Gasteiger partial charge is 0.345 e. The van der Waals surface area contributed by atoms with Gasteiger partial charge in [0, 0.05) is 30.9 Å². The molecular formula is C18H27N3O4S. The Hall–Kier alpha value is -2.09. The van der Waals surface area contributed by atoms with E-state index in [0.717, 1.165) is 24.3 Å². The molecule has 1 fully saturated rings. The monoisotopic (exact) mass is 381 g/mol. The van der Waals surface area contributed by atoms with Crippen molar-refractivity contribution in [2.24, 2.45) is 11.8 Å². The number of thiophene rings is 1. The molecule has 0 spiro atoms. The van der Waals surface area contributed by atoms with Crippen LogP contribution in [0.5, 0.6) is 0 Å². The maximum absolute atomic E-state index is 12.2. The van der Waals surface area contributed by atoms with E-state index in [1.807, 2.05) is 0 Å². The van der Waals surface area contributed by atoms with Crippen molar-refractivity contribution < 1.29 is 19.5 Å². The molecule has 8 heteroatoms. The Bertz CT molecular complexity index is 644. The number of urea groups is 1. The molecule has 3 N–H and O–H groups in total. The van der Waals surface area contributed by atoms with E-state index in [2.05, 4.69) is 24.5 Å². The lowest BCUT2D eigenvalue weighted by molar-refractivity contribution is -0.122. The molecule has 1 aromatic heterocycles. The molecule has 2 rings (SSSR count). The molecule has 1 aliphatic rings. The second-order valence-corrected chi connectivity index (χ2v) is 8.25. The molecule has 1 aliphatic heterocycles. The number of nitrogens with zero attached hydrogens (tertiary/aromatic N) is 1. The predicted molar refractivity (Wildman–Crippen MR) is 100 cm³/mol. The van der Waals surface area contributed by atoms with E-state index in [1.54, 1.807) is 17.0 Å². The van der Waals surface area contributed by atoms with Crippen LogP contribution in [0.15, 0.2) is 12.1 Å². The van der Waals surface area contributed by atoms with Gasteiger partial charge in [-0.15, -0.1) is 11.3 Å². The quantitative estimate of drug-likeness (QED) is 0.676. The summed E-state index contributed by atoms with van der Waals surface area (Å²) < 4.78 is 0. The third-order valence-electron chi connectivity index (χ3n) is 4.27. The minimum absolute atomic E-state index is 0.0522. The first-order valence-electron chi connectivity index (χ1n) is 8.96. The Balaban J connectivity index is 1.75. The van der Waals surface area contributed by atoms with Crippen LogP contribution in [0.1, 0.15) is 47.7 Å². The average Bonchev–Trinajstić information content (AvgIpc) is 3.07. The molecule has 1 atom stereocenters. The minimum Gasteiger partial charge on any atom is -0.477 e. The number of likely N-dealkylation sites (tertiary alicyclic amines) is 1. The Labute approximate surface area is 157 Å². The Morgan fingerprint density at radius 3 is 2.73 bits per heavy atom. The largest absolute Gasteiger partial charge is 0.477 e. The first kappa shape index (κ1) is 20.2. The van der Waals surface area contributed by atoms with Gasteiger partial charge in [-0.05, 0) is 36.8 Å². The van der Waals surface area contributed by atoms with Crippen LogP contribution >= 0.6 is 11.3 Å². The molecule has 0 radical (unpaired) electrons. The van der Waals surface area contributed by atoms with Gasteiger partial charge in [0.25, 0.3) is 0 Å². The molecule has 0 saturated carbocycles. The van der Waals surface area contributed by atoms with Crippen molar-refractivity contribution >= 4 is 29.2 Å². The third-order valence-corrected chi connectivity index (χ3v) is 5.35. The zero-order chi connectivity index (χ0) is 19.1. The molecule has 144 valence electrons. The number of carbonyl (C=O) groups excluding carboxylic acids is 2. The fourth-order valence-corrected chi connectivity index (χ4v) is 3.71. The summed E-state index contributed by atoms with van der Waals surface area (Å²) in [6.07, 6.45) is 2.22. The number of hydrogen-bond donors (Lipinski definition) is 3. The van der Waals surface area contributed by atoms with E-state index >= 15 is 0 Å². The van der Waals surface area contributed by atoms with Gasteiger partial charge >= 0.3 is 12.0 Å². The van der Waals surface area contributed by atoms with Crippen LogP contribution in [-0.4, -0.2) is 47.5 Å². The Morgan fingerprint density at radius 1 is 1.31 bits per heavy atom. The maximum atomic E-state index is 12.2. The van der Waals surface area contributed by atoms with E-state index in [4.69, 9.17) is 5.11 Å². The van der Waals surface area contributed by atoms with Gasteiger partial charge in [-0.2, -0.15) is 0 Å². The van der Waals surface area contributed by atoms with Gasteiger partial charge in [-0.3, -0.25) is 4.79 Å². The lowest BCUT2D eigenvalue weighted by atomic mass is 9.94. The summed E-state index contributed by atoms with van der Waals surface area (Å²) in [5.41, 5.74) is 0. The molecule has 0 aromatic carbocycles. The van der Waals surface area contributed by atoms with Crippen LogP contribution in [0.3, 0.4) is 0 Å². The summed E-state index contributed by atoms with van der Waals surface area (Å²) in [5, 5.41) is 14.7. The first-order chi connectivity index (χ1) is 12.3. The second-order valence-electron chi connectivity index (χ2n) is 7.09. The number of hydrogen-bond acceptors (Lipinski definition) is 4. The first-order valence-corrected chi connectivity index (χ1v) is 9.78. The molecule has 0 bridgehead atoms. The van der Waals surface area contributed by atoms with Crippen molar-refractivity contribution in [3.05, 3.63) is 21.9 Å². The molecular weight excluding hydrogens is 354 g/mol. The maximum Gasteiger partial charge on any atom is 0.345 e. The number of nitrogens with one attached hydrogen (secondary N) is 2. The molecule has 26 heavy (non-hydrogen) atoms. The molecule has 1 saturated heterocycles. The molecule has 1 unspecified atom stereocenters. The van der Waals surface area contributed by atoms with Gasteiger partial charge in [-0.1, -0.05) is 13.8 Å². The van der Waals surface area contributed by atoms with Crippen LogP contribution in [0.25, 0.3) is 0 Å². The summed E-state index contributed by atoms with van der Waals surface area (Å²) in [5.74, 6) is -0.453. The highest BCUT2D eigenvalue weighted by Gasteiger charge is 2.25. The van der Waals surface area contributed by atoms with E-state index in [9.17, 15) is 14.4 Å². The summed E-state index contributed by atoms with van der Waals surface area (Å²) >= 11 is 1.17. The fraction of sp³-hybridized carbons (Fsp3) is 0.611. The van der Waals surface area contributed by atoms with Crippen molar-refractivity contribution in [2.75, 3.05) is 19.6 Å². The van der Waals surface area contributed by atoms with Gasteiger partial charge in [0.05, 0.1) is 6.54 Å². The van der Waals surface area contributed by atoms with E-state index in [0.29, 0.717) is 32.0 Å². The van der Waals surface area contributed by atoms with Crippen molar-refractivity contribution in [3.63, 3.8) is 0 Å². The summed E-state index contributed by atoms with van der Waals surface area (Å²) in [4.78, 5) is 38.1. The van der Waals surface area contributed by atoms with Crippen LogP contribution in [0, 0.1) is 11.8 Å². The zero-order valence-corrected chi connectivity index (χ0v) is 16.1. The lowest BCUT2D eigenvalue weighted by Crippen LogP contribution is -2.47. The third kappa shape index (κ3) is 6.33. The van der Waals surface area contributed by atoms with Gasteiger partial charge in [0.1, 0.15) is 4.88 Å². The van der Waals surface area contributed by atoms with Gasteiger partial charge in [0.15, 0.2) is 0 Å². The highest BCUT2D eigenvalue weighted by molar-refractivity contribution is 7.13. The Morgan fingerprint density at radius 2 is 2.08 bits per heavy atom. The van der Waals surface area contributed by atoms with Crippen molar-refractivity contribution in [2.45, 2.75) is 39.7 Å². The SMILES string of the molecule is CC(C)CNC(=O)N1CCCC(CC(=O)NCc2ccc(C(=O)O)s2)C1. The summed E-state index contributed by atoms with van der Waals surface area (Å²) in [6.45, 7) is 6.42. The number of carboxylic acid groups (broad SMARTS) is 1. The highest BCUT2D eigenvalue weighted by atomic mass is 32.1. The van der Waals surface area contributed by atoms with E-state index in [1.165, 1.54) is 11.3 Å². The molecule has 2 heterocycles. The predicted octanol–water partition coefficient (Wildman–Crippen LogP) is 2.53. The van der Waals surface area contributed by atoms with Crippen molar-refractivity contribution in [1.82, 2.24) is 15.5 Å². The number of amides is 3. The van der Waals surface area contributed by atoms with Crippen molar-refractivity contribution in [1.29, 1.82) is 0 Å². The standard InChI is InChI=1S/C18H27N3O4S/c1-12(2)9-20-18(25)21-7-3-4-13(11-21)8-16(22)19-10-14-5-6-15(26-14)17(23)24/h5-6,12-13H,3-4,7-11H2,1-2H3,(H,19,22)(H,20,25)(H,23,24). The second kappa shape index (κ2) is 9.56. The van der Waals surface area contributed by atoms with Crippen LogP contribution in [-0.2, 0) is 11.3 Å². The molecule has 3 amide bonds. The van der Waals surface area contributed by atoms with Gasteiger partial charge in [-0.25, -0.2) is 9.59 Å². The highest BCUT2D eigenvalue weighted by Crippen LogP contribution is 2.20. The van der Waals surface area contributed by atoms with E-state index < -0.39 is 5.97 Å². The fourth-order valence-electron chi connectivity index (χ4n) is 2.93. The molecule has 7 nitrogen and oxygen atoms in total. The number of piperidine rings is 1. The number of carboxylic acids is 1. The summed E-state index contributed by atoms with van der Waals surface area (Å²) in [7, 11) is 0. The van der Waals surface area contributed by atoms with Crippen LogP contribution in [0.2, 0.25) is 0 Å². The van der Waals surface area contributed by atoms with Crippen LogP contribution < -0.4 is 10.6 Å². The van der Waals surface area contributed by atoms with Crippen molar-refractivity contribution in [3.8, 4) is 0 Å². The number of rotatable bonds is 7. The summed E-state index contributed by atoms with van der Waals surface area (Å²) in [6, 6.07) is 3.21. The molecule has 1 aromatic rings. The number of carbonyl (C=O) groups is 3. The topological polar surface area (TPSA) is 98.7 Å². The Kier molecular flexibility index (Phi) is 7.44. The number of aromatic carboxylic acids is 1. The van der Waals surface area contributed by atoms with Gasteiger partial charge < -0.3 is 20.6 Å². The lowest BCUT2D eigenvalue weighted by Gasteiger charge is -2.32. The molecule has 0 aliphatic carbocycles.